The summed E-state index contributed by atoms with van der Waals surface area (Å²) >= 11 is 0. The molecule has 1 saturated heterocycles. The van der Waals surface area contributed by atoms with E-state index in [1.807, 2.05) is 0 Å². The van der Waals surface area contributed by atoms with Crippen molar-refractivity contribution in [1.82, 2.24) is 14.1 Å². The van der Waals surface area contributed by atoms with Crippen molar-refractivity contribution in [3.05, 3.63) is 11.9 Å². The zero-order valence-corrected chi connectivity index (χ0v) is 12.2. The molecular formula is C10H10F5N3O4S. The van der Waals surface area contributed by atoms with Gasteiger partial charge in [-0.1, -0.05) is 0 Å². The highest BCUT2D eigenvalue weighted by molar-refractivity contribution is 7.89. The third-order valence-corrected chi connectivity index (χ3v) is 5.02. The van der Waals surface area contributed by atoms with Crippen molar-refractivity contribution in [1.29, 1.82) is 0 Å². The number of sulfonamides is 1. The maximum atomic E-state index is 13.4. The number of rotatable bonds is 3. The van der Waals surface area contributed by atoms with Gasteiger partial charge in [-0.15, -0.1) is 0 Å². The van der Waals surface area contributed by atoms with E-state index in [9.17, 15) is 35.2 Å². The fourth-order valence-corrected chi connectivity index (χ4v) is 4.03. The fourth-order valence-electron chi connectivity index (χ4n) is 2.23. The summed E-state index contributed by atoms with van der Waals surface area (Å²) in [6, 6.07) is -2.16. The van der Waals surface area contributed by atoms with Crippen LogP contribution in [0.25, 0.3) is 0 Å². The van der Waals surface area contributed by atoms with E-state index >= 15 is 0 Å². The number of aromatic nitrogens is 2. The monoisotopic (exact) mass is 363 g/mol. The topological polar surface area (TPSA) is 92.5 Å². The van der Waals surface area contributed by atoms with Gasteiger partial charge in [0.05, 0.1) is 6.54 Å². The predicted molar refractivity (Wildman–Crippen MR) is 63.1 cm³/mol. The molecular weight excluding hydrogens is 353 g/mol. The molecule has 1 aliphatic heterocycles. The van der Waals surface area contributed by atoms with Gasteiger partial charge in [0.1, 0.15) is 10.9 Å². The molecule has 7 nitrogen and oxygen atoms in total. The first kappa shape index (κ1) is 17.6. The van der Waals surface area contributed by atoms with Crippen LogP contribution < -0.4 is 0 Å². The second-order valence-electron chi connectivity index (χ2n) is 4.98. The zero-order valence-electron chi connectivity index (χ0n) is 11.4. The Morgan fingerprint density at radius 3 is 2.48 bits per heavy atom. The highest BCUT2D eigenvalue weighted by atomic mass is 32.2. The van der Waals surface area contributed by atoms with Gasteiger partial charge < -0.3 is 5.11 Å². The molecule has 0 unspecified atom stereocenters. The summed E-state index contributed by atoms with van der Waals surface area (Å²) in [5, 5.41) is 11.9. The summed E-state index contributed by atoms with van der Waals surface area (Å²) in [7, 11) is -4.11. The summed E-state index contributed by atoms with van der Waals surface area (Å²) in [6.07, 6.45) is -5.97. The maximum Gasteiger partial charge on any atom is 0.436 e. The molecule has 2 heterocycles. The lowest BCUT2D eigenvalue weighted by Gasteiger charge is -2.20. The number of aryl methyl sites for hydroxylation is 1. The average Bonchev–Trinajstić information content (AvgIpc) is 2.89. The Bertz CT molecular complexity index is 742. The van der Waals surface area contributed by atoms with Gasteiger partial charge in [0, 0.05) is 19.7 Å². The lowest BCUT2D eigenvalue weighted by atomic mass is 10.2. The van der Waals surface area contributed by atoms with Gasteiger partial charge in [0.2, 0.25) is 10.0 Å². The summed E-state index contributed by atoms with van der Waals surface area (Å²) in [4.78, 5) is 9.62. The van der Waals surface area contributed by atoms with E-state index in [-0.39, 0.29) is 4.31 Å². The summed E-state index contributed by atoms with van der Waals surface area (Å²) < 4.78 is 90.4. The predicted octanol–water partition coefficient (Wildman–Crippen LogP) is 0.922. The maximum absolute atomic E-state index is 13.4. The molecule has 0 amide bonds. The van der Waals surface area contributed by atoms with Gasteiger partial charge in [-0.05, 0) is 0 Å². The Morgan fingerprint density at radius 2 is 2.00 bits per heavy atom. The number of carbonyl (C=O) groups is 1. The third kappa shape index (κ3) is 3.15. The molecule has 0 spiro atoms. The van der Waals surface area contributed by atoms with E-state index in [4.69, 9.17) is 5.11 Å². The van der Waals surface area contributed by atoms with E-state index < -0.39 is 57.7 Å². The van der Waals surface area contributed by atoms with Crippen LogP contribution in [0.4, 0.5) is 22.0 Å². The van der Waals surface area contributed by atoms with Crippen LogP contribution in [0, 0.1) is 0 Å². The van der Waals surface area contributed by atoms with Crippen molar-refractivity contribution in [2.45, 2.75) is 29.5 Å². The molecule has 1 aromatic heterocycles. The van der Waals surface area contributed by atoms with E-state index in [1.165, 1.54) is 0 Å². The number of alkyl halides is 5. The van der Waals surface area contributed by atoms with Crippen molar-refractivity contribution < 1.29 is 40.3 Å². The molecule has 1 aliphatic rings. The van der Waals surface area contributed by atoms with E-state index in [2.05, 4.69) is 5.10 Å². The Morgan fingerprint density at radius 1 is 1.43 bits per heavy atom. The molecule has 2 rings (SSSR count). The molecule has 1 atom stereocenters. The van der Waals surface area contributed by atoms with Crippen molar-refractivity contribution in [2.75, 3.05) is 6.54 Å². The number of halogens is 5. The van der Waals surface area contributed by atoms with E-state index in [0.29, 0.717) is 10.9 Å². The minimum Gasteiger partial charge on any atom is -0.480 e. The molecule has 0 saturated carbocycles. The number of carboxylic acids is 1. The molecule has 1 aromatic rings. The minimum absolute atomic E-state index is 0.137. The normalized spacial score (nSPS) is 22.4. The first-order chi connectivity index (χ1) is 10.3. The van der Waals surface area contributed by atoms with Crippen LogP contribution in [-0.4, -0.2) is 52.1 Å². The molecule has 130 valence electrons. The first-order valence-corrected chi connectivity index (χ1v) is 7.43. The molecule has 0 aliphatic carbocycles. The smallest absolute Gasteiger partial charge is 0.436 e. The van der Waals surface area contributed by atoms with Gasteiger partial charge in [-0.2, -0.15) is 22.6 Å². The van der Waals surface area contributed by atoms with Gasteiger partial charge in [-0.25, -0.2) is 17.2 Å². The van der Waals surface area contributed by atoms with Crippen LogP contribution in [0.2, 0.25) is 0 Å². The highest BCUT2D eigenvalue weighted by Crippen LogP contribution is 2.39. The van der Waals surface area contributed by atoms with Gasteiger partial charge >= 0.3 is 12.1 Å². The van der Waals surface area contributed by atoms with Gasteiger partial charge in [-0.3, -0.25) is 9.48 Å². The SMILES string of the molecule is Cn1cc(S(=O)(=O)N2CC(F)(F)C[C@H]2C(=O)O)c(C(F)(F)F)n1. The average molecular weight is 363 g/mol. The van der Waals surface area contributed by atoms with Crippen LogP contribution in [0.5, 0.6) is 0 Å². The molecule has 0 bridgehead atoms. The molecule has 0 aromatic carbocycles. The largest absolute Gasteiger partial charge is 0.480 e. The Hall–Kier alpha value is -1.76. The second kappa shape index (κ2) is 5.12. The standard InChI is InChI=1S/C10H10F5N3O4S/c1-17-3-6(7(16-17)10(13,14)15)23(21,22)18-4-9(11,12)2-5(18)8(19)20/h3,5H,2,4H2,1H3,(H,19,20)/t5-/m0/s1. The van der Waals surface area contributed by atoms with Crippen molar-refractivity contribution in [2.24, 2.45) is 7.05 Å². The van der Waals surface area contributed by atoms with Crippen molar-refractivity contribution in [3.8, 4) is 0 Å². The van der Waals surface area contributed by atoms with Crippen LogP contribution >= 0.6 is 0 Å². The number of hydrogen-bond donors (Lipinski definition) is 1. The number of carboxylic acid groups (broad SMARTS) is 1. The van der Waals surface area contributed by atoms with Crippen LogP contribution in [0.1, 0.15) is 12.1 Å². The highest BCUT2D eigenvalue weighted by Gasteiger charge is 2.55. The first-order valence-electron chi connectivity index (χ1n) is 5.99. The minimum atomic E-state index is -5.15. The number of hydrogen-bond acceptors (Lipinski definition) is 4. The molecule has 13 heteroatoms. The molecule has 0 radical (unpaired) electrons. The molecule has 1 N–H and O–H groups in total. The Balaban J connectivity index is 2.57. The van der Waals surface area contributed by atoms with E-state index in [1.54, 1.807) is 0 Å². The summed E-state index contributed by atoms with van der Waals surface area (Å²) in [5.41, 5.74) is -1.79. The quantitative estimate of drug-likeness (QED) is 0.807. The fraction of sp³-hybridized carbons (Fsp3) is 0.600. The molecule has 1 fully saturated rings. The lowest BCUT2D eigenvalue weighted by Crippen LogP contribution is -2.41. The summed E-state index contributed by atoms with van der Waals surface area (Å²) in [6.45, 7) is -1.52. The van der Waals surface area contributed by atoms with Crippen molar-refractivity contribution in [3.63, 3.8) is 0 Å². The third-order valence-electron chi connectivity index (χ3n) is 3.16. The van der Waals surface area contributed by atoms with Crippen LogP contribution in [0.3, 0.4) is 0 Å². The zero-order chi connectivity index (χ0) is 17.8. The second-order valence-corrected chi connectivity index (χ2v) is 6.84. The van der Waals surface area contributed by atoms with Crippen LogP contribution in [-0.2, 0) is 28.0 Å². The van der Waals surface area contributed by atoms with Gasteiger partial charge in [0.25, 0.3) is 5.92 Å². The number of nitrogens with zero attached hydrogens (tertiary/aromatic N) is 3. The Labute approximate surface area is 126 Å². The molecule has 23 heavy (non-hydrogen) atoms. The Kier molecular flexibility index (Phi) is 3.92. The number of aliphatic carboxylic acids is 1. The lowest BCUT2D eigenvalue weighted by molar-refractivity contribution is -0.143. The van der Waals surface area contributed by atoms with E-state index in [0.717, 1.165) is 7.05 Å². The van der Waals surface area contributed by atoms with Crippen molar-refractivity contribution >= 4 is 16.0 Å². The van der Waals surface area contributed by atoms with Gasteiger partial charge in [0.15, 0.2) is 5.69 Å². The van der Waals surface area contributed by atoms with Crippen LogP contribution in [0.15, 0.2) is 11.1 Å². The summed E-state index contributed by atoms with van der Waals surface area (Å²) in [5.74, 6) is -5.53.